The SMILES string of the molecule is Cc1nnc(-c2cccc(F)c2C)o1. The van der Waals surface area contributed by atoms with Crippen molar-refractivity contribution < 1.29 is 8.81 Å². The van der Waals surface area contributed by atoms with Gasteiger partial charge in [-0.05, 0) is 24.6 Å². The Morgan fingerprint density at radius 2 is 2.00 bits per heavy atom. The molecule has 1 aromatic heterocycles. The summed E-state index contributed by atoms with van der Waals surface area (Å²) < 4.78 is 18.4. The van der Waals surface area contributed by atoms with E-state index in [2.05, 4.69) is 10.2 Å². The first-order valence-corrected chi connectivity index (χ1v) is 4.24. The van der Waals surface area contributed by atoms with Gasteiger partial charge in [-0.15, -0.1) is 10.2 Å². The molecule has 3 nitrogen and oxygen atoms in total. The fourth-order valence-electron chi connectivity index (χ4n) is 1.24. The summed E-state index contributed by atoms with van der Waals surface area (Å²) in [6.45, 7) is 3.38. The van der Waals surface area contributed by atoms with Gasteiger partial charge in [-0.2, -0.15) is 0 Å². The minimum atomic E-state index is -0.265. The third kappa shape index (κ3) is 1.39. The molecule has 2 aromatic rings. The maximum atomic E-state index is 13.2. The van der Waals surface area contributed by atoms with Crippen LogP contribution in [-0.4, -0.2) is 10.2 Å². The first kappa shape index (κ1) is 8.87. The van der Waals surface area contributed by atoms with Crippen molar-refractivity contribution >= 4 is 0 Å². The van der Waals surface area contributed by atoms with Crippen LogP contribution in [0.1, 0.15) is 11.5 Å². The Hall–Kier alpha value is -1.71. The van der Waals surface area contributed by atoms with Gasteiger partial charge in [-0.25, -0.2) is 4.39 Å². The standard InChI is InChI=1S/C10H9FN2O/c1-6-8(4-3-5-9(6)11)10-13-12-7(2)14-10/h3-5H,1-2H3. The molecule has 2 rings (SSSR count). The van der Waals surface area contributed by atoms with E-state index < -0.39 is 0 Å². The van der Waals surface area contributed by atoms with E-state index in [4.69, 9.17) is 4.42 Å². The normalized spacial score (nSPS) is 10.5. The molecule has 14 heavy (non-hydrogen) atoms. The van der Waals surface area contributed by atoms with E-state index in [1.807, 2.05) is 0 Å². The molecule has 0 atom stereocenters. The molecule has 0 bridgehead atoms. The quantitative estimate of drug-likeness (QED) is 0.696. The first-order chi connectivity index (χ1) is 6.68. The Morgan fingerprint density at radius 1 is 1.21 bits per heavy atom. The number of aromatic nitrogens is 2. The van der Waals surface area contributed by atoms with E-state index in [1.54, 1.807) is 26.0 Å². The van der Waals surface area contributed by atoms with Gasteiger partial charge in [-0.3, -0.25) is 0 Å². The third-order valence-electron chi connectivity index (χ3n) is 2.02. The van der Waals surface area contributed by atoms with Crippen molar-refractivity contribution in [1.29, 1.82) is 0 Å². The van der Waals surface area contributed by atoms with Crippen molar-refractivity contribution in [2.24, 2.45) is 0 Å². The lowest BCUT2D eigenvalue weighted by molar-refractivity contribution is 0.531. The summed E-state index contributed by atoms with van der Waals surface area (Å²) in [4.78, 5) is 0. The molecule has 0 aliphatic heterocycles. The van der Waals surface area contributed by atoms with Crippen LogP contribution in [0.4, 0.5) is 4.39 Å². The molecule has 0 unspecified atom stereocenters. The smallest absolute Gasteiger partial charge is 0.248 e. The number of nitrogens with zero attached hydrogens (tertiary/aromatic N) is 2. The largest absolute Gasteiger partial charge is 0.421 e. The summed E-state index contributed by atoms with van der Waals surface area (Å²) >= 11 is 0. The summed E-state index contributed by atoms with van der Waals surface area (Å²) in [5, 5.41) is 7.53. The lowest BCUT2D eigenvalue weighted by Crippen LogP contribution is -1.87. The van der Waals surface area contributed by atoms with Crippen LogP contribution >= 0.6 is 0 Å². The highest BCUT2D eigenvalue weighted by molar-refractivity contribution is 5.57. The summed E-state index contributed by atoms with van der Waals surface area (Å²) in [5.41, 5.74) is 1.17. The van der Waals surface area contributed by atoms with Crippen LogP contribution in [0.25, 0.3) is 11.5 Å². The summed E-state index contributed by atoms with van der Waals surface area (Å²) in [6.07, 6.45) is 0. The van der Waals surface area contributed by atoms with Gasteiger partial charge in [0.15, 0.2) is 0 Å². The Bertz CT molecular complexity index is 465. The number of rotatable bonds is 1. The van der Waals surface area contributed by atoms with Crippen molar-refractivity contribution in [3.8, 4) is 11.5 Å². The molecular formula is C10H9FN2O. The topological polar surface area (TPSA) is 38.9 Å². The average Bonchev–Trinajstić information content (AvgIpc) is 2.57. The molecule has 0 N–H and O–H groups in total. The molecule has 0 aliphatic carbocycles. The van der Waals surface area contributed by atoms with E-state index in [0.29, 0.717) is 22.9 Å². The molecule has 1 heterocycles. The second-order valence-electron chi connectivity index (χ2n) is 3.04. The fourth-order valence-corrected chi connectivity index (χ4v) is 1.24. The summed E-state index contributed by atoms with van der Waals surface area (Å²) in [7, 11) is 0. The number of hydrogen-bond acceptors (Lipinski definition) is 3. The Labute approximate surface area is 80.6 Å². The van der Waals surface area contributed by atoms with Gasteiger partial charge in [0.25, 0.3) is 0 Å². The predicted octanol–water partition coefficient (Wildman–Crippen LogP) is 2.49. The van der Waals surface area contributed by atoms with Gasteiger partial charge < -0.3 is 4.42 Å². The molecule has 0 fully saturated rings. The molecule has 1 aromatic carbocycles. The monoisotopic (exact) mass is 192 g/mol. The van der Waals surface area contributed by atoms with E-state index in [1.165, 1.54) is 6.07 Å². The Morgan fingerprint density at radius 3 is 2.64 bits per heavy atom. The number of benzene rings is 1. The second kappa shape index (κ2) is 3.21. The maximum Gasteiger partial charge on any atom is 0.248 e. The first-order valence-electron chi connectivity index (χ1n) is 4.24. The highest BCUT2D eigenvalue weighted by Crippen LogP contribution is 2.23. The van der Waals surface area contributed by atoms with Gasteiger partial charge in [0.05, 0.1) is 0 Å². The summed E-state index contributed by atoms with van der Waals surface area (Å²) in [6, 6.07) is 4.78. The van der Waals surface area contributed by atoms with Crippen molar-refractivity contribution in [2.75, 3.05) is 0 Å². The number of aryl methyl sites for hydroxylation is 1. The molecule has 0 spiro atoms. The van der Waals surface area contributed by atoms with Crippen LogP contribution in [0.2, 0.25) is 0 Å². The lowest BCUT2D eigenvalue weighted by atomic mass is 10.1. The van der Waals surface area contributed by atoms with E-state index in [-0.39, 0.29) is 5.82 Å². The predicted molar refractivity (Wildman–Crippen MR) is 49.2 cm³/mol. The van der Waals surface area contributed by atoms with Gasteiger partial charge >= 0.3 is 0 Å². The molecule has 0 aliphatic rings. The number of hydrogen-bond donors (Lipinski definition) is 0. The zero-order valence-electron chi connectivity index (χ0n) is 7.91. The molecule has 72 valence electrons. The van der Waals surface area contributed by atoms with E-state index >= 15 is 0 Å². The number of halogens is 1. The minimum Gasteiger partial charge on any atom is -0.421 e. The van der Waals surface area contributed by atoms with Crippen LogP contribution in [0, 0.1) is 19.7 Å². The van der Waals surface area contributed by atoms with Crippen molar-refractivity contribution in [3.05, 3.63) is 35.5 Å². The lowest BCUT2D eigenvalue weighted by Gasteiger charge is -2.00. The Balaban J connectivity index is 2.57. The van der Waals surface area contributed by atoms with Gasteiger partial charge in [0.2, 0.25) is 11.8 Å². The van der Waals surface area contributed by atoms with Crippen LogP contribution < -0.4 is 0 Å². The average molecular weight is 192 g/mol. The van der Waals surface area contributed by atoms with E-state index in [9.17, 15) is 4.39 Å². The molecule has 0 saturated heterocycles. The highest BCUT2D eigenvalue weighted by Gasteiger charge is 2.10. The van der Waals surface area contributed by atoms with Crippen molar-refractivity contribution in [1.82, 2.24) is 10.2 Å². The molecule has 4 heteroatoms. The highest BCUT2D eigenvalue weighted by atomic mass is 19.1. The molecular weight excluding hydrogens is 183 g/mol. The van der Waals surface area contributed by atoms with Crippen molar-refractivity contribution in [2.45, 2.75) is 13.8 Å². The van der Waals surface area contributed by atoms with Gasteiger partial charge in [0.1, 0.15) is 5.82 Å². The zero-order chi connectivity index (χ0) is 10.1. The van der Waals surface area contributed by atoms with E-state index in [0.717, 1.165) is 0 Å². The molecule has 0 saturated carbocycles. The van der Waals surface area contributed by atoms with Crippen LogP contribution in [-0.2, 0) is 0 Å². The van der Waals surface area contributed by atoms with Crippen molar-refractivity contribution in [3.63, 3.8) is 0 Å². The van der Waals surface area contributed by atoms with Crippen LogP contribution in [0.5, 0.6) is 0 Å². The molecule has 0 radical (unpaired) electrons. The Kier molecular flexibility index (Phi) is 2.04. The van der Waals surface area contributed by atoms with Crippen LogP contribution in [0.15, 0.2) is 22.6 Å². The maximum absolute atomic E-state index is 13.2. The fraction of sp³-hybridized carbons (Fsp3) is 0.200. The zero-order valence-corrected chi connectivity index (χ0v) is 7.91. The van der Waals surface area contributed by atoms with Crippen LogP contribution in [0.3, 0.4) is 0 Å². The minimum absolute atomic E-state index is 0.265. The summed E-state index contributed by atoms with van der Waals surface area (Å²) in [5.74, 6) is 0.571. The van der Waals surface area contributed by atoms with Gasteiger partial charge in [-0.1, -0.05) is 6.07 Å². The second-order valence-corrected chi connectivity index (χ2v) is 3.04. The molecule has 0 amide bonds. The van der Waals surface area contributed by atoms with Gasteiger partial charge in [0, 0.05) is 12.5 Å². The third-order valence-corrected chi connectivity index (χ3v) is 2.02.